The van der Waals surface area contributed by atoms with Crippen LogP contribution in [0.1, 0.15) is 10.4 Å². The van der Waals surface area contributed by atoms with E-state index in [-0.39, 0.29) is 19.7 Å². The lowest BCUT2D eigenvalue weighted by molar-refractivity contribution is 0.0314. The Morgan fingerprint density at radius 1 is 1.13 bits per heavy atom. The fourth-order valence-corrected chi connectivity index (χ4v) is 2.38. The van der Waals surface area contributed by atoms with Crippen LogP contribution in [0.2, 0.25) is 0 Å². The van der Waals surface area contributed by atoms with E-state index in [1.165, 1.54) is 4.90 Å². The van der Waals surface area contributed by atoms with Crippen LogP contribution in [-0.4, -0.2) is 73.4 Å². The zero-order chi connectivity index (χ0) is 16.8. The Morgan fingerprint density at radius 2 is 1.78 bits per heavy atom. The summed E-state index contributed by atoms with van der Waals surface area (Å²) in [4.78, 5) is 15.6. The van der Waals surface area contributed by atoms with Gasteiger partial charge in [-0.05, 0) is 6.07 Å². The van der Waals surface area contributed by atoms with Crippen LogP contribution in [-0.2, 0) is 4.74 Å². The summed E-state index contributed by atoms with van der Waals surface area (Å²) in [5.74, 6) is -4.53. The molecular weight excluding hydrogens is 313 g/mol. The van der Waals surface area contributed by atoms with Crippen LogP contribution in [0, 0.1) is 17.5 Å². The predicted molar refractivity (Wildman–Crippen MR) is 76.6 cm³/mol. The quantitative estimate of drug-likeness (QED) is 0.786. The highest BCUT2D eigenvalue weighted by Crippen LogP contribution is 2.16. The Balaban J connectivity index is 2.06. The second-order valence-corrected chi connectivity index (χ2v) is 5.22. The predicted octanol–water partition coefficient (Wildman–Crippen LogP) is 0.871. The standard InChI is InChI=1S/C15H19F3N2O3/c16-12-10-14(18)13(17)9-11(12)15(22)20(3-6-21)2-1-19-4-7-23-8-5-19/h9-10,21H,1-8H2. The monoisotopic (exact) mass is 332 g/mol. The molecule has 0 unspecified atom stereocenters. The maximum Gasteiger partial charge on any atom is 0.257 e. The Kier molecular flexibility index (Phi) is 6.37. The number of amides is 1. The van der Waals surface area contributed by atoms with Gasteiger partial charge in [0.25, 0.3) is 5.91 Å². The highest BCUT2D eigenvalue weighted by Gasteiger charge is 2.22. The van der Waals surface area contributed by atoms with Gasteiger partial charge in [0, 0.05) is 38.8 Å². The molecule has 1 aliphatic rings. The second-order valence-electron chi connectivity index (χ2n) is 5.22. The summed E-state index contributed by atoms with van der Waals surface area (Å²) < 4.78 is 45.2. The lowest BCUT2D eigenvalue weighted by atomic mass is 10.1. The largest absolute Gasteiger partial charge is 0.395 e. The van der Waals surface area contributed by atoms with E-state index in [2.05, 4.69) is 4.90 Å². The number of morpholine rings is 1. The third kappa shape index (κ3) is 4.66. The van der Waals surface area contributed by atoms with Crippen molar-refractivity contribution in [3.05, 3.63) is 35.1 Å². The van der Waals surface area contributed by atoms with E-state index in [9.17, 15) is 18.0 Å². The minimum atomic E-state index is -1.35. The van der Waals surface area contributed by atoms with Crippen LogP contribution in [0.4, 0.5) is 13.2 Å². The minimum Gasteiger partial charge on any atom is -0.395 e. The van der Waals surface area contributed by atoms with Crippen LogP contribution in [0.15, 0.2) is 12.1 Å². The summed E-state index contributed by atoms with van der Waals surface area (Å²) in [5.41, 5.74) is -0.542. The molecule has 1 saturated heterocycles. The van der Waals surface area contributed by atoms with E-state index in [0.29, 0.717) is 31.9 Å². The molecule has 0 saturated carbocycles. The highest BCUT2D eigenvalue weighted by atomic mass is 19.2. The van der Waals surface area contributed by atoms with Gasteiger partial charge < -0.3 is 14.7 Å². The van der Waals surface area contributed by atoms with Gasteiger partial charge in [-0.25, -0.2) is 13.2 Å². The van der Waals surface area contributed by atoms with E-state index < -0.39 is 28.9 Å². The first-order valence-electron chi connectivity index (χ1n) is 7.37. The first kappa shape index (κ1) is 17.7. The van der Waals surface area contributed by atoms with Gasteiger partial charge in [0.05, 0.1) is 25.4 Å². The Hall–Kier alpha value is -1.64. The molecule has 1 amide bonds. The third-order valence-corrected chi connectivity index (χ3v) is 3.69. The number of ether oxygens (including phenoxy) is 1. The fraction of sp³-hybridized carbons (Fsp3) is 0.533. The Labute approximate surface area is 132 Å². The Bertz CT molecular complexity index is 551. The van der Waals surface area contributed by atoms with Crippen molar-refractivity contribution in [1.82, 2.24) is 9.80 Å². The van der Waals surface area contributed by atoms with E-state index in [1.54, 1.807) is 0 Å². The maximum atomic E-state index is 13.7. The average Bonchev–Trinajstić information content (AvgIpc) is 2.55. The molecule has 0 radical (unpaired) electrons. The van der Waals surface area contributed by atoms with Crippen molar-refractivity contribution in [2.75, 3.05) is 52.5 Å². The molecule has 1 N–H and O–H groups in total. The van der Waals surface area contributed by atoms with Crippen LogP contribution >= 0.6 is 0 Å². The number of carbonyl (C=O) groups excluding carboxylic acids is 1. The van der Waals surface area contributed by atoms with Gasteiger partial charge in [-0.2, -0.15) is 0 Å². The normalized spacial score (nSPS) is 15.7. The number of hydrogen-bond donors (Lipinski definition) is 1. The molecule has 1 heterocycles. The van der Waals surface area contributed by atoms with Gasteiger partial charge in [-0.3, -0.25) is 9.69 Å². The molecule has 1 aliphatic heterocycles. The molecule has 23 heavy (non-hydrogen) atoms. The smallest absolute Gasteiger partial charge is 0.257 e. The van der Waals surface area contributed by atoms with Crippen molar-refractivity contribution >= 4 is 5.91 Å². The lowest BCUT2D eigenvalue weighted by Crippen LogP contribution is -2.44. The van der Waals surface area contributed by atoms with E-state index in [1.807, 2.05) is 0 Å². The maximum absolute atomic E-state index is 13.7. The van der Waals surface area contributed by atoms with Gasteiger partial charge >= 0.3 is 0 Å². The number of rotatable bonds is 6. The fourth-order valence-electron chi connectivity index (χ4n) is 2.38. The minimum absolute atomic E-state index is 0.0123. The van der Waals surface area contributed by atoms with Crippen LogP contribution in [0.5, 0.6) is 0 Å². The van der Waals surface area contributed by atoms with Crippen molar-refractivity contribution in [1.29, 1.82) is 0 Å². The summed E-state index contributed by atoms with van der Waals surface area (Å²) in [5, 5.41) is 9.08. The first-order chi connectivity index (χ1) is 11.0. The van der Waals surface area contributed by atoms with Crippen molar-refractivity contribution in [3.63, 3.8) is 0 Å². The molecule has 1 fully saturated rings. The molecule has 128 valence electrons. The molecule has 8 heteroatoms. The summed E-state index contributed by atoms with van der Waals surface area (Å²) in [6.45, 7) is 3.11. The summed E-state index contributed by atoms with van der Waals surface area (Å²) in [7, 11) is 0. The second kappa shape index (κ2) is 8.28. The molecule has 1 aromatic rings. The van der Waals surface area contributed by atoms with Crippen molar-refractivity contribution in [2.45, 2.75) is 0 Å². The molecule has 5 nitrogen and oxygen atoms in total. The number of hydrogen-bond acceptors (Lipinski definition) is 4. The molecule has 0 aromatic heterocycles. The zero-order valence-electron chi connectivity index (χ0n) is 12.6. The summed E-state index contributed by atoms with van der Waals surface area (Å²) >= 11 is 0. The number of halogens is 3. The molecule has 1 aromatic carbocycles. The van der Waals surface area contributed by atoms with Crippen molar-refractivity contribution < 1.29 is 27.8 Å². The molecule has 0 spiro atoms. The van der Waals surface area contributed by atoms with E-state index >= 15 is 0 Å². The van der Waals surface area contributed by atoms with Gasteiger partial charge in [-0.15, -0.1) is 0 Å². The van der Waals surface area contributed by atoms with Gasteiger partial charge in [0.15, 0.2) is 11.6 Å². The first-order valence-corrected chi connectivity index (χ1v) is 7.37. The Morgan fingerprint density at radius 3 is 2.43 bits per heavy atom. The van der Waals surface area contributed by atoms with Gasteiger partial charge in [0.1, 0.15) is 5.82 Å². The average molecular weight is 332 g/mol. The molecule has 0 bridgehead atoms. The van der Waals surface area contributed by atoms with Crippen LogP contribution in [0.3, 0.4) is 0 Å². The summed E-state index contributed by atoms with van der Waals surface area (Å²) in [6.07, 6.45) is 0. The van der Waals surface area contributed by atoms with Crippen molar-refractivity contribution in [2.24, 2.45) is 0 Å². The topological polar surface area (TPSA) is 53.0 Å². The van der Waals surface area contributed by atoms with E-state index in [4.69, 9.17) is 9.84 Å². The molecular formula is C15H19F3N2O3. The number of aliphatic hydroxyl groups excluding tert-OH is 1. The van der Waals surface area contributed by atoms with Crippen LogP contribution < -0.4 is 0 Å². The molecule has 0 aliphatic carbocycles. The van der Waals surface area contributed by atoms with Gasteiger partial charge in [0.2, 0.25) is 0 Å². The van der Waals surface area contributed by atoms with Crippen LogP contribution in [0.25, 0.3) is 0 Å². The SMILES string of the molecule is O=C(c1cc(F)c(F)cc1F)N(CCO)CCN1CCOCC1. The molecule has 2 rings (SSSR count). The van der Waals surface area contributed by atoms with E-state index in [0.717, 1.165) is 13.1 Å². The lowest BCUT2D eigenvalue weighted by Gasteiger charge is -2.30. The highest BCUT2D eigenvalue weighted by molar-refractivity contribution is 5.94. The van der Waals surface area contributed by atoms with Crippen molar-refractivity contribution in [3.8, 4) is 0 Å². The number of nitrogens with zero attached hydrogens (tertiary/aromatic N) is 2. The number of aliphatic hydroxyl groups is 1. The third-order valence-electron chi connectivity index (χ3n) is 3.69. The number of carbonyl (C=O) groups is 1. The molecule has 0 atom stereocenters. The number of benzene rings is 1. The summed E-state index contributed by atoms with van der Waals surface area (Å²) in [6, 6.07) is 0.897. The van der Waals surface area contributed by atoms with Gasteiger partial charge in [-0.1, -0.05) is 0 Å². The zero-order valence-corrected chi connectivity index (χ0v) is 12.6.